The SMILES string of the molecule is CCOC(=O)N(C)Cc1ccccc1[C@@H](O)c1ccc(F)cc1. The molecule has 0 aliphatic rings. The third-order valence-electron chi connectivity index (χ3n) is 3.52. The van der Waals surface area contributed by atoms with Gasteiger partial charge in [0.05, 0.1) is 6.61 Å². The Hall–Kier alpha value is -2.40. The zero-order valence-electron chi connectivity index (χ0n) is 13.2. The predicted molar refractivity (Wildman–Crippen MR) is 85.4 cm³/mol. The Labute approximate surface area is 135 Å². The van der Waals surface area contributed by atoms with Gasteiger partial charge >= 0.3 is 6.09 Å². The number of amides is 1. The first-order chi connectivity index (χ1) is 11.0. The van der Waals surface area contributed by atoms with Crippen LogP contribution in [0, 0.1) is 5.82 Å². The van der Waals surface area contributed by atoms with Gasteiger partial charge in [-0.2, -0.15) is 0 Å². The minimum Gasteiger partial charge on any atom is -0.450 e. The van der Waals surface area contributed by atoms with Crippen molar-refractivity contribution in [3.05, 3.63) is 71.0 Å². The number of benzene rings is 2. The van der Waals surface area contributed by atoms with Crippen LogP contribution in [0.1, 0.15) is 29.7 Å². The summed E-state index contributed by atoms with van der Waals surface area (Å²) >= 11 is 0. The number of rotatable bonds is 5. The van der Waals surface area contributed by atoms with E-state index in [1.54, 1.807) is 32.2 Å². The molecule has 0 aromatic heterocycles. The van der Waals surface area contributed by atoms with Crippen molar-refractivity contribution in [2.45, 2.75) is 19.6 Å². The largest absolute Gasteiger partial charge is 0.450 e. The van der Waals surface area contributed by atoms with Crippen molar-refractivity contribution in [3.63, 3.8) is 0 Å². The van der Waals surface area contributed by atoms with Gasteiger partial charge in [0.1, 0.15) is 11.9 Å². The van der Waals surface area contributed by atoms with Gasteiger partial charge in [-0.1, -0.05) is 36.4 Å². The van der Waals surface area contributed by atoms with Gasteiger partial charge in [0, 0.05) is 13.6 Å². The van der Waals surface area contributed by atoms with Crippen LogP contribution in [0.2, 0.25) is 0 Å². The topological polar surface area (TPSA) is 49.8 Å². The number of halogens is 1. The predicted octanol–water partition coefficient (Wildman–Crippen LogP) is 3.50. The van der Waals surface area contributed by atoms with Crippen molar-refractivity contribution in [2.75, 3.05) is 13.7 Å². The Balaban J connectivity index is 2.23. The first-order valence-electron chi connectivity index (χ1n) is 7.42. The molecule has 0 aliphatic heterocycles. The molecule has 0 aliphatic carbocycles. The minimum atomic E-state index is -0.887. The second-order valence-electron chi connectivity index (χ2n) is 5.21. The van der Waals surface area contributed by atoms with E-state index in [2.05, 4.69) is 0 Å². The number of aliphatic hydroxyl groups is 1. The van der Waals surface area contributed by atoms with E-state index in [9.17, 15) is 14.3 Å². The molecule has 4 nitrogen and oxygen atoms in total. The van der Waals surface area contributed by atoms with Crippen LogP contribution in [-0.2, 0) is 11.3 Å². The molecule has 1 amide bonds. The summed E-state index contributed by atoms with van der Waals surface area (Å²) in [6, 6.07) is 13.0. The Kier molecular flexibility index (Phi) is 5.71. The lowest BCUT2D eigenvalue weighted by atomic mass is 9.96. The molecule has 2 rings (SSSR count). The fraction of sp³-hybridized carbons (Fsp3) is 0.278. The van der Waals surface area contributed by atoms with Gasteiger partial charge in [-0.25, -0.2) is 9.18 Å². The van der Waals surface area contributed by atoms with Crippen LogP contribution >= 0.6 is 0 Å². The number of ether oxygens (including phenoxy) is 1. The fourth-order valence-electron chi connectivity index (χ4n) is 2.32. The summed E-state index contributed by atoms with van der Waals surface area (Å²) in [6.45, 7) is 2.37. The van der Waals surface area contributed by atoms with E-state index in [1.807, 2.05) is 18.2 Å². The molecule has 0 saturated heterocycles. The number of carbonyl (C=O) groups excluding carboxylic acids is 1. The number of aliphatic hydroxyl groups excluding tert-OH is 1. The second kappa shape index (κ2) is 7.74. The van der Waals surface area contributed by atoms with Crippen LogP contribution in [-0.4, -0.2) is 29.8 Å². The molecule has 122 valence electrons. The molecule has 23 heavy (non-hydrogen) atoms. The van der Waals surface area contributed by atoms with E-state index in [4.69, 9.17) is 4.74 Å². The van der Waals surface area contributed by atoms with Crippen molar-refractivity contribution in [1.82, 2.24) is 4.90 Å². The van der Waals surface area contributed by atoms with Crippen molar-refractivity contribution in [1.29, 1.82) is 0 Å². The summed E-state index contributed by atoms with van der Waals surface area (Å²) in [7, 11) is 1.64. The first kappa shape index (κ1) is 17.0. The quantitative estimate of drug-likeness (QED) is 0.918. The van der Waals surface area contributed by atoms with Gasteiger partial charge in [0.2, 0.25) is 0 Å². The maximum absolute atomic E-state index is 13.0. The summed E-state index contributed by atoms with van der Waals surface area (Å²) < 4.78 is 18.0. The number of hydrogen-bond acceptors (Lipinski definition) is 3. The fourth-order valence-corrected chi connectivity index (χ4v) is 2.32. The lowest BCUT2D eigenvalue weighted by Gasteiger charge is -2.21. The van der Waals surface area contributed by atoms with Gasteiger partial charge in [0.25, 0.3) is 0 Å². The highest BCUT2D eigenvalue weighted by Crippen LogP contribution is 2.26. The average molecular weight is 317 g/mol. The number of carbonyl (C=O) groups is 1. The molecule has 0 saturated carbocycles. The maximum Gasteiger partial charge on any atom is 0.409 e. The summed E-state index contributed by atoms with van der Waals surface area (Å²) in [5, 5.41) is 10.6. The van der Waals surface area contributed by atoms with E-state index >= 15 is 0 Å². The van der Waals surface area contributed by atoms with E-state index < -0.39 is 12.2 Å². The summed E-state index contributed by atoms with van der Waals surface area (Å²) in [5.41, 5.74) is 2.08. The van der Waals surface area contributed by atoms with Crippen LogP contribution in [0.15, 0.2) is 48.5 Å². The lowest BCUT2D eigenvalue weighted by Crippen LogP contribution is -2.27. The summed E-state index contributed by atoms with van der Waals surface area (Å²) in [4.78, 5) is 13.2. The van der Waals surface area contributed by atoms with Gasteiger partial charge in [-0.15, -0.1) is 0 Å². The zero-order chi connectivity index (χ0) is 16.8. The third kappa shape index (κ3) is 4.29. The molecule has 0 unspecified atom stereocenters. The Morgan fingerprint density at radius 1 is 1.22 bits per heavy atom. The van der Waals surface area contributed by atoms with E-state index in [-0.39, 0.29) is 5.82 Å². The molecular weight excluding hydrogens is 297 g/mol. The number of hydrogen-bond donors (Lipinski definition) is 1. The minimum absolute atomic E-state index is 0.309. The first-order valence-corrected chi connectivity index (χ1v) is 7.42. The van der Waals surface area contributed by atoms with Crippen molar-refractivity contribution in [2.24, 2.45) is 0 Å². The molecule has 1 N–H and O–H groups in total. The van der Waals surface area contributed by atoms with Crippen LogP contribution < -0.4 is 0 Å². The van der Waals surface area contributed by atoms with Gasteiger partial charge in [-0.3, -0.25) is 0 Å². The standard InChI is InChI=1S/C18H20FNO3/c1-3-23-18(22)20(2)12-14-6-4-5-7-16(14)17(21)13-8-10-15(19)11-9-13/h4-11,17,21H,3,12H2,1-2H3/t17-/m0/s1. The average Bonchev–Trinajstić information content (AvgIpc) is 2.55. The highest BCUT2D eigenvalue weighted by atomic mass is 19.1. The highest BCUT2D eigenvalue weighted by Gasteiger charge is 2.17. The summed E-state index contributed by atoms with van der Waals surface area (Å²) in [5.74, 6) is -0.351. The van der Waals surface area contributed by atoms with Crippen LogP contribution in [0.4, 0.5) is 9.18 Å². The van der Waals surface area contributed by atoms with Crippen molar-refractivity contribution in [3.8, 4) is 0 Å². The molecule has 0 radical (unpaired) electrons. The molecule has 5 heteroatoms. The molecular formula is C18H20FNO3. The third-order valence-corrected chi connectivity index (χ3v) is 3.52. The zero-order valence-corrected chi connectivity index (χ0v) is 13.2. The Morgan fingerprint density at radius 2 is 1.87 bits per heavy atom. The highest BCUT2D eigenvalue weighted by molar-refractivity contribution is 5.67. The molecule has 0 bridgehead atoms. The van der Waals surface area contributed by atoms with Gasteiger partial charge in [0.15, 0.2) is 0 Å². The second-order valence-corrected chi connectivity index (χ2v) is 5.21. The van der Waals surface area contributed by atoms with E-state index in [1.165, 1.54) is 17.0 Å². The molecule has 2 aromatic rings. The van der Waals surface area contributed by atoms with E-state index in [0.29, 0.717) is 24.3 Å². The van der Waals surface area contributed by atoms with Crippen molar-refractivity contribution >= 4 is 6.09 Å². The van der Waals surface area contributed by atoms with E-state index in [0.717, 1.165) is 5.56 Å². The number of nitrogens with zero attached hydrogens (tertiary/aromatic N) is 1. The van der Waals surface area contributed by atoms with Crippen LogP contribution in [0.5, 0.6) is 0 Å². The normalized spacial score (nSPS) is 11.8. The molecule has 0 fully saturated rings. The Bertz CT molecular complexity index is 658. The van der Waals surface area contributed by atoms with Crippen LogP contribution in [0.3, 0.4) is 0 Å². The van der Waals surface area contributed by atoms with Gasteiger partial charge < -0.3 is 14.7 Å². The summed E-state index contributed by atoms with van der Waals surface area (Å²) in [6.07, 6.45) is -1.30. The van der Waals surface area contributed by atoms with Crippen LogP contribution in [0.25, 0.3) is 0 Å². The Morgan fingerprint density at radius 3 is 2.52 bits per heavy atom. The molecule has 0 heterocycles. The molecule has 1 atom stereocenters. The van der Waals surface area contributed by atoms with Gasteiger partial charge in [-0.05, 0) is 35.7 Å². The smallest absolute Gasteiger partial charge is 0.409 e. The molecule has 0 spiro atoms. The monoisotopic (exact) mass is 317 g/mol. The molecule has 2 aromatic carbocycles. The maximum atomic E-state index is 13.0. The lowest BCUT2D eigenvalue weighted by molar-refractivity contribution is 0.113. The van der Waals surface area contributed by atoms with Crippen molar-refractivity contribution < 1.29 is 19.0 Å².